The molecule has 1 aliphatic rings. The predicted octanol–water partition coefficient (Wildman–Crippen LogP) is 3.40. The van der Waals surface area contributed by atoms with E-state index in [0.717, 1.165) is 16.3 Å². The third-order valence-electron chi connectivity index (χ3n) is 2.94. The lowest BCUT2D eigenvalue weighted by Crippen LogP contribution is -2.22. The van der Waals surface area contributed by atoms with Gasteiger partial charge >= 0.3 is 0 Å². The fourth-order valence-corrected chi connectivity index (χ4v) is 3.07. The van der Waals surface area contributed by atoms with Crippen LogP contribution in [0.3, 0.4) is 0 Å². The summed E-state index contributed by atoms with van der Waals surface area (Å²) in [5, 5.41) is 10.6. The van der Waals surface area contributed by atoms with Crippen LogP contribution >= 0.6 is 11.8 Å². The first kappa shape index (κ1) is 11.4. The smallest absolute Gasteiger partial charge is 0.152 e. The second-order valence-corrected chi connectivity index (χ2v) is 5.63. The number of rotatable bonds is 1. The van der Waals surface area contributed by atoms with Crippen molar-refractivity contribution in [2.24, 2.45) is 0 Å². The quantitative estimate of drug-likeness (QED) is 0.852. The van der Waals surface area contributed by atoms with Crippen LogP contribution in [0.15, 0.2) is 47.6 Å². The predicted molar refractivity (Wildman–Crippen MR) is 71.0 cm³/mol. The van der Waals surface area contributed by atoms with Crippen molar-refractivity contribution in [3.05, 3.63) is 48.2 Å². The van der Waals surface area contributed by atoms with E-state index in [1.807, 2.05) is 24.3 Å². The molecule has 3 nitrogen and oxygen atoms in total. The molecule has 0 radical (unpaired) electrons. The normalized spacial score (nSPS) is 22.1. The van der Waals surface area contributed by atoms with Crippen LogP contribution in [-0.4, -0.2) is 15.3 Å². The average Bonchev–Trinajstić information content (AvgIpc) is 2.39. The van der Waals surface area contributed by atoms with Gasteiger partial charge in [0.2, 0.25) is 0 Å². The van der Waals surface area contributed by atoms with E-state index in [1.54, 1.807) is 30.1 Å². The summed E-state index contributed by atoms with van der Waals surface area (Å²) < 4.78 is 6.01. The first-order valence-electron chi connectivity index (χ1n) is 5.81. The maximum Gasteiger partial charge on any atom is 0.152 e. The number of nitrogens with zero attached hydrogens (tertiary/aromatic N) is 1. The van der Waals surface area contributed by atoms with E-state index < -0.39 is 0 Å². The maximum absolute atomic E-state index is 9.32. The van der Waals surface area contributed by atoms with Gasteiger partial charge in [-0.1, -0.05) is 23.9 Å². The second kappa shape index (κ2) is 4.53. The molecule has 0 saturated carbocycles. The van der Waals surface area contributed by atoms with Gasteiger partial charge in [0, 0.05) is 11.4 Å². The van der Waals surface area contributed by atoms with E-state index >= 15 is 0 Å². The molecule has 92 valence electrons. The van der Waals surface area contributed by atoms with Crippen LogP contribution in [0.4, 0.5) is 0 Å². The van der Waals surface area contributed by atoms with Gasteiger partial charge in [0.25, 0.3) is 0 Å². The number of phenolic OH excluding ortho intramolecular Hbond substituents is 1. The Labute approximate surface area is 110 Å². The van der Waals surface area contributed by atoms with E-state index in [4.69, 9.17) is 4.74 Å². The molecule has 2 atom stereocenters. The van der Waals surface area contributed by atoms with E-state index in [9.17, 15) is 5.11 Å². The van der Waals surface area contributed by atoms with Crippen molar-refractivity contribution in [1.82, 2.24) is 4.98 Å². The highest BCUT2D eigenvalue weighted by Crippen LogP contribution is 2.43. The number of benzene rings is 1. The topological polar surface area (TPSA) is 42.4 Å². The van der Waals surface area contributed by atoms with E-state index in [0.29, 0.717) is 0 Å². The van der Waals surface area contributed by atoms with Crippen LogP contribution in [0.2, 0.25) is 0 Å². The minimum Gasteiger partial charge on any atom is -0.508 e. The van der Waals surface area contributed by atoms with E-state index in [1.165, 1.54) is 0 Å². The number of phenols is 1. The molecular weight excluding hydrogens is 246 g/mol. The Kier molecular flexibility index (Phi) is 2.88. The molecule has 0 fully saturated rings. The van der Waals surface area contributed by atoms with Gasteiger partial charge < -0.3 is 9.84 Å². The Morgan fingerprint density at radius 1 is 1.22 bits per heavy atom. The molecule has 0 saturated heterocycles. The molecule has 1 aromatic heterocycles. The highest BCUT2D eigenvalue weighted by molar-refractivity contribution is 8.00. The van der Waals surface area contributed by atoms with Crippen LogP contribution in [-0.2, 0) is 0 Å². The van der Waals surface area contributed by atoms with Crippen molar-refractivity contribution < 1.29 is 9.84 Å². The van der Waals surface area contributed by atoms with Crippen molar-refractivity contribution in [3.63, 3.8) is 0 Å². The number of hydrogen-bond acceptors (Lipinski definition) is 4. The number of hydrogen-bond donors (Lipinski definition) is 1. The third kappa shape index (κ3) is 2.04. The van der Waals surface area contributed by atoms with Crippen molar-refractivity contribution in [3.8, 4) is 11.5 Å². The van der Waals surface area contributed by atoms with Gasteiger partial charge in [-0.25, -0.2) is 4.98 Å². The van der Waals surface area contributed by atoms with Crippen LogP contribution < -0.4 is 4.74 Å². The molecule has 2 heterocycles. The highest BCUT2D eigenvalue weighted by Gasteiger charge is 2.29. The lowest BCUT2D eigenvalue weighted by molar-refractivity contribution is 0.193. The molecule has 2 aromatic rings. The monoisotopic (exact) mass is 259 g/mol. The molecular formula is C14H13NO2S. The molecule has 0 amide bonds. The fraction of sp³-hybridized carbons (Fsp3) is 0.214. The van der Waals surface area contributed by atoms with Gasteiger partial charge in [-0.15, -0.1) is 0 Å². The average molecular weight is 259 g/mol. The molecule has 4 heteroatoms. The van der Waals surface area contributed by atoms with Crippen molar-refractivity contribution in [1.29, 1.82) is 0 Å². The van der Waals surface area contributed by atoms with Crippen molar-refractivity contribution in [2.75, 3.05) is 0 Å². The zero-order valence-electron chi connectivity index (χ0n) is 9.91. The molecule has 1 aliphatic heterocycles. The molecule has 0 bridgehead atoms. The number of aromatic nitrogens is 1. The zero-order chi connectivity index (χ0) is 12.5. The van der Waals surface area contributed by atoms with Gasteiger partial charge in [-0.3, -0.25) is 0 Å². The highest BCUT2D eigenvalue weighted by atomic mass is 32.2. The molecule has 1 aromatic carbocycles. The summed E-state index contributed by atoms with van der Waals surface area (Å²) in [6.07, 6.45) is 1.77. The van der Waals surface area contributed by atoms with Gasteiger partial charge in [0.1, 0.15) is 16.9 Å². The summed E-state index contributed by atoms with van der Waals surface area (Å²) in [5.41, 5.74) is 1.07. The largest absolute Gasteiger partial charge is 0.508 e. The van der Waals surface area contributed by atoms with Crippen molar-refractivity contribution in [2.45, 2.75) is 23.3 Å². The number of ether oxygens (including phenoxy) is 1. The number of fused-ring (bicyclic) bond motifs is 1. The van der Waals surface area contributed by atoms with E-state index in [2.05, 4.69) is 11.9 Å². The summed E-state index contributed by atoms with van der Waals surface area (Å²) in [5.74, 6) is 1.11. The molecule has 18 heavy (non-hydrogen) atoms. The first-order valence-corrected chi connectivity index (χ1v) is 6.69. The number of thioether (sulfide) groups is 1. The summed E-state index contributed by atoms with van der Waals surface area (Å²) >= 11 is 1.72. The fourth-order valence-electron chi connectivity index (χ4n) is 2.03. The SMILES string of the molecule is CC1Sc2ncccc2OC1c1ccc(O)cc1. The second-order valence-electron chi connectivity index (χ2n) is 4.26. The first-order chi connectivity index (χ1) is 8.74. The Balaban J connectivity index is 1.93. The molecule has 0 aliphatic carbocycles. The summed E-state index contributed by atoms with van der Waals surface area (Å²) in [6.45, 7) is 2.12. The number of pyridine rings is 1. The lowest BCUT2D eigenvalue weighted by atomic mass is 10.1. The minimum absolute atomic E-state index is 0.00713. The Bertz CT molecular complexity index is 556. The molecule has 3 rings (SSSR count). The van der Waals surface area contributed by atoms with E-state index in [-0.39, 0.29) is 17.1 Å². The molecule has 1 N–H and O–H groups in total. The molecule has 2 unspecified atom stereocenters. The van der Waals surface area contributed by atoms with Gasteiger partial charge in [-0.2, -0.15) is 0 Å². The Morgan fingerprint density at radius 2 is 2.00 bits per heavy atom. The Morgan fingerprint density at radius 3 is 2.78 bits per heavy atom. The van der Waals surface area contributed by atoms with Crippen molar-refractivity contribution >= 4 is 11.8 Å². The Hall–Kier alpha value is -1.68. The third-order valence-corrected chi connectivity index (χ3v) is 4.08. The lowest BCUT2D eigenvalue weighted by Gasteiger charge is -2.30. The summed E-state index contributed by atoms with van der Waals surface area (Å²) in [4.78, 5) is 4.31. The minimum atomic E-state index is -0.00713. The van der Waals surface area contributed by atoms with Crippen LogP contribution in [0.1, 0.15) is 18.6 Å². The van der Waals surface area contributed by atoms with Gasteiger partial charge in [0.05, 0.1) is 0 Å². The maximum atomic E-state index is 9.32. The zero-order valence-corrected chi connectivity index (χ0v) is 10.7. The van der Waals surface area contributed by atoms with Crippen LogP contribution in [0.5, 0.6) is 11.5 Å². The van der Waals surface area contributed by atoms with Crippen LogP contribution in [0, 0.1) is 0 Å². The number of aromatic hydroxyl groups is 1. The summed E-state index contributed by atoms with van der Waals surface area (Å²) in [6, 6.07) is 11.0. The van der Waals surface area contributed by atoms with Crippen LogP contribution in [0.25, 0.3) is 0 Å². The van der Waals surface area contributed by atoms with Gasteiger partial charge in [-0.05, 0) is 36.8 Å². The molecule has 0 spiro atoms. The van der Waals surface area contributed by atoms with Gasteiger partial charge in [0.15, 0.2) is 5.75 Å². The standard InChI is InChI=1S/C14H13NO2S/c1-9-13(10-4-6-11(16)7-5-10)17-12-3-2-8-15-14(12)18-9/h2-9,13,16H,1H3. The summed E-state index contributed by atoms with van der Waals surface area (Å²) in [7, 11) is 0.